The van der Waals surface area contributed by atoms with Gasteiger partial charge in [0.2, 0.25) is 5.78 Å². The van der Waals surface area contributed by atoms with Crippen molar-refractivity contribution in [2.45, 2.75) is 6.10 Å². The lowest BCUT2D eigenvalue weighted by Gasteiger charge is -2.22. The number of ketones is 2. The molecule has 1 aliphatic heterocycles. The first-order chi connectivity index (χ1) is 19.9. The van der Waals surface area contributed by atoms with Gasteiger partial charge in [0.15, 0.2) is 10.9 Å². The summed E-state index contributed by atoms with van der Waals surface area (Å²) in [5.74, 6) is -4.36. The Hall–Kier alpha value is -5.15. The van der Waals surface area contributed by atoms with Gasteiger partial charge in [-0.3, -0.25) is 19.7 Å². The fraction of sp³-hybridized carbons (Fsp3) is 0.0938. The van der Waals surface area contributed by atoms with E-state index in [9.17, 15) is 19.2 Å². The van der Waals surface area contributed by atoms with Gasteiger partial charge in [0, 0.05) is 11.1 Å². The highest BCUT2D eigenvalue weighted by Crippen LogP contribution is 2.39. The molecular weight excluding hydrogens is 540 g/mol. The number of nitrogens with zero attached hydrogens (tertiary/aromatic N) is 1. The Bertz CT molecular complexity index is 1830. The number of hydrogen-bond acceptors (Lipinski definition) is 8. The number of nitrogens with one attached hydrogen (secondary N) is 1. The number of ether oxygens (including phenoxy) is 2. The number of Topliss-reactive ketones (excluding diaryl/α,β-unsaturated/α-hetero) is 2. The van der Waals surface area contributed by atoms with Crippen molar-refractivity contribution in [1.82, 2.24) is 4.98 Å². The monoisotopic (exact) mass is 562 g/mol. The molecule has 5 aromatic rings. The van der Waals surface area contributed by atoms with Crippen molar-refractivity contribution in [3.05, 3.63) is 114 Å². The highest BCUT2D eigenvalue weighted by molar-refractivity contribution is 7.22. The molecule has 0 saturated carbocycles. The second kappa shape index (κ2) is 10.8. The standard InChI is InChI=1S/C32H22N2O6S/c1-39-19-15-16-24-25(17-19)41-32(33-24)34-30(37)28(36)26(29-22-13-7-8-14-23(22)31(38)40-29)27(35)21-12-6-5-11-20(21)18-9-3-2-4-10-18/h2-17,26,29H,1H3,(H,33,34,37)/t26-,29+/m1/s1. The molecule has 0 fully saturated rings. The molecule has 0 saturated heterocycles. The van der Waals surface area contributed by atoms with E-state index in [2.05, 4.69) is 10.3 Å². The van der Waals surface area contributed by atoms with E-state index in [4.69, 9.17) is 9.47 Å². The minimum absolute atomic E-state index is 0.186. The molecule has 0 unspecified atom stereocenters. The molecule has 0 spiro atoms. The first kappa shape index (κ1) is 26.1. The quantitative estimate of drug-likeness (QED) is 0.109. The first-order valence-electron chi connectivity index (χ1n) is 12.7. The predicted octanol–water partition coefficient (Wildman–Crippen LogP) is 5.89. The van der Waals surface area contributed by atoms with Crippen LogP contribution in [0.15, 0.2) is 97.1 Å². The Morgan fingerprint density at radius 2 is 1.61 bits per heavy atom. The fourth-order valence-electron chi connectivity index (χ4n) is 4.94. The molecule has 1 aliphatic rings. The third kappa shape index (κ3) is 4.87. The molecule has 0 bridgehead atoms. The van der Waals surface area contributed by atoms with Crippen molar-refractivity contribution in [2.75, 3.05) is 12.4 Å². The van der Waals surface area contributed by atoms with Crippen LogP contribution < -0.4 is 10.1 Å². The number of benzene rings is 4. The zero-order valence-corrected chi connectivity index (χ0v) is 22.5. The number of amides is 1. The molecule has 0 aliphatic carbocycles. The number of carbonyl (C=O) groups is 4. The van der Waals surface area contributed by atoms with Gasteiger partial charge >= 0.3 is 5.97 Å². The average Bonchev–Trinajstić information content (AvgIpc) is 3.57. The Balaban J connectivity index is 1.39. The van der Waals surface area contributed by atoms with Crippen LogP contribution >= 0.6 is 11.3 Å². The largest absolute Gasteiger partial charge is 0.497 e. The second-order valence-corrected chi connectivity index (χ2v) is 10.4. The number of anilines is 1. The van der Waals surface area contributed by atoms with Crippen LogP contribution in [0.1, 0.15) is 32.4 Å². The Morgan fingerprint density at radius 3 is 2.39 bits per heavy atom. The van der Waals surface area contributed by atoms with Crippen molar-refractivity contribution in [3.63, 3.8) is 0 Å². The molecule has 41 heavy (non-hydrogen) atoms. The second-order valence-electron chi connectivity index (χ2n) is 9.34. The summed E-state index contributed by atoms with van der Waals surface area (Å²) >= 11 is 1.16. The van der Waals surface area contributed by atoms with Crippen molar-refractivity contribution in [2.24, 2.45) is 5.92 Å². The lowest BCUT2D eigenvalue weighted by Crippen LogP contribution is -2.38. The van der Waals surface area contributed by atoms with Gasteiger partial charge in [-0.25, -0.2) is 9.78 Å². The van der Waals surface area contributed by atoms with Crippen LogP contribution in [0.5, 0.6) is 5.75 Å². The van der Waals surface area contributed by atoms with Crippen LogP contribution in [0, 0.1) is 5.92 Å². The van der Waals surface area contributed by atoms with E-state index in [1.54, 1.807) is 73.8 Å². The topological polar surface area (TPSA) is 112 Å². The average molecular weight is 563 g/mol. The summed E-state index contributed by atoms with van der Waals surface area (Å²) in [5.41, 5.74) is 2.83. The number of aromatic nitrogens is 1. The summed E-state index contributed by atoms with van der Waals surface area (Å²) in [4.78, 5) is 58.6. The smallest absolute Gasteiger partial charge is 0.339 e. The lowest BCUT2D eigenvalue weighted by atomic mass is 9.82. The van der Waals surface area contributed by atoms with Gasteiger partial charge in [-0.15, -0.1) is 0 Å². The third-order valence-electron chi connectivity index (χ3n) is 6.91. The summed E-state index contributed by atoms with van der Waals surface area (Å²) < 4.78 is 11.6. The fourth-order valence-corrected chi connectivity index (χ4v) is 5.82. The van der Waals surface area contributed by atoms with Gasteiger partial charge in [-0.2, -0.15) is 0 Å². The molecule has 2 heterocycles. The minimum atomic E-state index is -1.62. The van der Waals surface area contributed by atoms with Crippen molar-refractivity contribution in [3.8, 4) is 16.9 Å². The molecule has 2 atom stereocenters. The van der Waals surface area contributed by atoms with Crippen molar-refractivity contribution >= 4 is 50.1 Å². The van der Waals surface area contributed by atoms with E-state index >= 15 is 0 Å². The maximum absolute atomic E-state index is 14.2. The summed E-state index contributed by atoms with van der Waals surface area (Å²) in [6.45, 7) is 0. The highest BCUT2D eigenvalue weighted by Gasteiger charge is 2.46. The van der Waals surface area contributed by atoms with E-state index in [0.29, 0.717) is 22.4 Å². The molecule has 9 heteroatoms. The molecule has 1 aromatic heterocycles. The summed E-state index contributed by atoms with van der Waals surface area (Å²) in [6, 6.07) is 27.9. The molecule has 1 amide bonds. The molecule has 0 radical (unpaired) electrons. The third-order valence-corrected chi connectivity index (χ3v) is 7.84. The summed E-state index contributed by atoms with van der Waals surface area (Å²) in [7, 11) is 1.55. The minimum Gasteiger partial charge on any atom is -0.497 e. The number of carbonyl (C=O) groups excluding carboxylic acids is 4. The molecule has 1 N–H and O–H groups in total. The molecule has 6 rings (SSSR count). The number of thiazole rings is 1. The maximum Gasteiger partial charge on any atom is 0.339 e. The normalized spacial score (nSPS) is 14.7. The zero-order chi connectivity index (χ0) is 28.5. The summed E-state index contributed by atoms with van der Waals surface area (Å²) in [6.07, 6.45) is -1.27. The first-order valence-corrected chi connectivity index (χ1v) is 13.5. The Labute approximate surface area is 238 Å². The number of cyclic esters (lactones) is 1. The van der Waals surface area contributed by atoms with E-state index in [0.717, 1.165) is 21.6 Å². The van der Waals surface area contributed by atoms with Gasteiger partial charge in [-0.05, 0) is 35.4 Å². The van der Waals surface area contributed by atoms with Crippen LogP contribution in [0.2, 0.25) is 0 Å². The number of esters is 1. The Kier molecular flexibility index (Phi) is 6.86. The summed E-state index contributed by atoms with van der Waals surface area (Å²) in [5, 5.41) is 2.73. The number of rotatable bonds is 8. The van der Waals surface area contributed by atoms with E-state index in [1.807, 2.05) is 30.3 Å². The number of hydrogen-bond donors (Lipinski definition) is 1. The van der Waals surface area contributed by atoms with E-state index < -0.39 is 35.5 Å². The molecule has 8 nitrogen and oxygen atoms in total. The van der Waals surface area contributed by atoms with Gasteiger partial charge in [0.05, 0.1) is 22.9 Å². The molecule has 4 aromatic carbocycles. The van der Waals surface area contributed by atoms with Crippen LogP contribution in [0.3, 0.4) is 0 Å². The predicted molar refractivity (Wildman–Crippen MR) is 154 cm³/mol. The van der Waals surface area contributed by atoms with Gasteiger partial charge in [0.25, 0.3) is 5.91 Å². The van der Waals surface area contributed by atoms with Crippen LogP contribution in [0.4, 0.5) is 5.13 Å². The van der Waals surface area contributed by atoms with Crippen molar-refractivity contribution in [1.29, 1.82) is 0 Å². The Morgan fingerprint density at radius 1 is 0.902 bits per heavy atom. The number of methoxy groups -OCH3 is 1. The van der Waals surface area contributed by atoms with Crippen LogP contribution in [-0.2, 0) is 14.3 Å². The SMILES string of the molecule is COc1ccc2nc(NC(=O)C(=O)[C@@H](C(=O)c3ccccc3-c3ccccc3)[C@H]3OC(=O)c4ccccc43)sc2c1. The lowest BCUT2D eigenvalue weighted by molar-refractivity contribution is -0.138. The van der Waals surface area contributed by atoms with E-state index in [1.165, 1.54) is 0 Å². The van der Waals surface area contributed by atoms with E-state index in [-0.39, 0.29) is 16.3 Å². The van der Waals surface area contributed by atoms with Gasteiger partial charge in [-0.1, -0.05) is 84.1 Å². The van der Waals surface area contributed by atoms with Gasteiger partial charge < -0.3 is 9.47 Å². The highest BCUT2D eigenvalue weighted by atomic mass is 32.1. The van der Waals surface area contributed by atoms with Crippen molar-refractivity contribution < 1.29 is 28.7 Å². The van der Waals surface area contributed by atoms with Crippen LogP contribution in [0.25, 0.3) is 21.3 Å². The zero-order valence-electron chi connectivity index (χ0n) is 21.7. The molecule has 202 valence electrons. The number of fused-ring (bicyclic) bond motifs is 2. The maximum atomic E-state index is 14.2. The van der Waals surface area contributed by atoms with Crippen LogP contribution in [-0.4, -0.2) is 35.5 Å². The molecular formula is C32H22N2O6S. The van der Waals surface area contributed by atoms with Gasteiger partial charge in [0.1, 0.15) is 17.8 Å².